The van der Waals surface area contributed by atoms with Crippen molar-refractivity contribution in [3.63, 3.8) is 0 Å². The van der Waals surface area contributed by atoms with Crippen molar-refractivity contribution in [3.05, 3.63) is 18.0 Å². The number of carbonyl (C=O) groups excluding carboxylic acids is 1. The molecular formula is C16H21F3N4O. The van der Waals surface area contributed by atoms with Gasteiger partial charge < -0.3 is 9.80 Å². The van der Waals surface area contributed by atoms with E-state index >= 15 is 0 Å². The molecule has 2 unspecified atom stereocenters. The number of halogens is 3. The Morgan fingerprint density at radius 2 is 1.96 bits per heavy atom. The number of amides is 1. The number of hydrogen-bond donors (Lipinski definition) is 0. The quantitative estimate of drug-likeness (QED) is 0.848. The number of rotatable bonds is 3. The zero-order valence-electron chi connectivity index (χ0n) is 13.6. The molecule has 0 spiro atoms. The van der Waals surface area contributed by atoms with E-state index in [0.29, 0.717) is 13.0 Å². The summed E-state index contributed by atoms with van der Waals surface area (Å²) in [7, 11) is 0. The average molecular weight is 342 g/mol. The average Bonchev–Trinajstić information content (AvgIpc) is 3.21. The van der Waals surface area contributed by atoms with Crippen LogP contribution in [0.3, 0.4) is 0 Å². The molecule has 0 N–H and O–H groups in total. The van der Waals surface area contributed by atoms with Crippen LogP contribution in [-0.4, -0.2) is 45.9 Å². The molecule has 1 aromatic rings. The Morgan fingerprint density at radius 3 is 2.67 bits per heavy atom. The normalized spacial score (nSPS) is 24.7. The zero-order chi connectivity index (χ0) is 17.3. The second-order valence-electron chi connectivity index (χ2n) is 6.29. The summed E-state index contributed by atoms with van der Waals surface area (Å²) in [4.78, 5) is 23.7. The Morgan fingerprint density at radius 1 is 1.25 bits per heavy atom. The molecule has 2 fully saturated rings. The maximum Gasteiger partial charge on any atom is 0.433 e. The standard InChI is InChI=1S/C16H21F3N4O/c1-2-14(24)22-9-3-5-11(22)12-6-4-10-23(12)15-20-8-7-13(21-15)16(17,18)19/h7-8,11-12H,2-6,9-10H2,1H3. The van der Waals surface area contributed by atoms with E-state index < -0.39 is 11.9 Å². The lowest BCUT2D eigenvalue weighted by molar-refractivity contribution is -0.141. The monoisotopic (exact) mass is 342 g/mol. The number of likely N-dealkylation sites (tertiary alicyclic amines) is 1. The lowest BCUT2D eigenvalue weighted by atomic mass is 10.0. The van der Waals surface area contributed by atoms with Crippen molar-refractivity contribution in [3.8, 4) is 0 Å². The smallest absolute Gasteiger partial charge is 0.338 e. The summed E-state index contributed by atoms with van der Waals surface area (Å²) in [5.41, 5.74) is -0.925. The molecule has 1 aromatic heterocycles. The van der Waals surface area contributed by atoms with Crippen LogP contribution in [0.2, 0.25) is 0 Å². The van der Waals surface area contributed by atoms with E-state index in [2.05, 4.69) is 9.97 Å². The first-order valence-corrected chi connectivity index (χ1v) is 8.38. The molecule has 1 amide bonds. The lowest BCUT2D eigenvalue weighted by Gasteiger charge is -2.35. The van der Waals surface area contributed by atoms with Crippen LogP contribution >= 0.6 is 0 Å². The Bertz CT molecular complexity index is 607. The van der Waals surface area contributed by atoms with Crippen LogP contribution in [0.15, 0.2) is 12.3 Å². The van der Waals surface area contributed by atoms with Gasteiger partial charge in [0.2, 0.25) is 11.9 Å². The lowest BCUT2D eigenvalue weighted by Crippen LogP contribution is -2.48. The van der Waals surface area contributed by atoms with Gasteiger partial charge in [-0.25, -0.2) is 9.97 Å². The Hall–Kier alpha value is -1.86. The van der Waals surface area contributed by atoms with Crippen LogP contribution in [0, 0.1) is 0 Å². The molecule has 132 valence electrons. The molecule has 2 aliphatic rings. The van der Waals surface area contributed by atoms with Gasteiger partial charge in [-0.1, -0.05) is 6.92 Å². The molecular weight excluding hydrogens is 321 g/mol. The molecule has 2 aliphatic heterocycles. The van der Waals surface area contributed by atoms with Crippen LogP contribution in [-0.2, 0) is 11.0 Å². The number of alkyl halides is 3. The van der Waals surface area contributed by atoms with E-state index in [0.717, 1.165) is 44.5 Å². The van der Waals surface area contributed by atoms with Crippen LogP contribution in [0.1, 0.15) is 44.7 Å². The van der Waals surface area contributed by atoms with Gasteiger partial charge >= 0.3 is 6.18 Å². The summed E-state index contributed by atoms with van der Waals surface area (Å²) >= 11 is 0. The number of carbonyl (C=O) groups is 1. The van der Waals surface area contributed by atoms with Crippen LogP contribution in [0.4, 0.5) is 19.1 Å². The first-order valence-electron chi connectivity index (χ1n) is 8.38. The number of aromatic nitrogens is 2. The van der Waals surface area contributed by atoms with Crippen LogP contribution < -0.4 is 4.90 Å². The van der Waals surface area contributed by atoms with Gasteiger partial charge in [0, 0.05) is 25.7 Å². The minimum absolute atomic E-state index is 0.00789. The fourth-order valence-electron chi connectivity index (χ4n) is 3.79. The highest BCUT2D eigenvalue weighted by Crippen LogP contribution is 2.34. The highest BCUT2D eigenvalue weighted by atomic mass is 19.4. The third-order valence-corrected chi connectivity index (χ3v) is 4.86. The second kappa shape index (κ2) is 6.57. The molecule has 3 rings (SSSR count). The fourth-order valence-corrected chi connectivity index (χ4v) is 3.79. The number of nitrogens with zero attached hydrogens (tertiary/aromatic N) is 4. The number of hydrogen-bond acceptors (Lipinski definition) is 4. The van der Waals surface area contributed by atoms with E-state index in [4.69, 9.17) is 0 Å². The van der Waals surface area contributed by atoms with Gasteiger partial charge in [0.05, 0.1) is 12.1 Å². The summed E-state index contributed by atoms with van der Waals surface area (Å²) in [6.07, 6.45) is 0.653. The van der Waals surface area contributed by atoms with Crippen molar-refractivity contribution in [2.75, 3.05) is 18.0 Å². The summed E-state index contributed by atoms with van der Waals surface area (Å²) in [6, 6.07) is 0.918. The summed E-state index contributed by atoms with van der Waals surface area (Å²) in [6.45, 7) is 3.18. The maximum atomic E-state index is 12.9. The van der Waals surface area contributed by atoms with Crippen LogP contribution in [0.25, 0.3) is 0 Å². The van der Waals surface area contributed by atoms with Crippen LogP contribution in [0.5, 0.6) is 0 Å². The first-order chi connectivity index (χ1) is 11.4. The predicted octanol–water partition coefficient (Wildman–Crippen LogP) is 2.87. The van der Waals surface area contributed by atoms with Gasteiger partial charge in [-0.15, -0.1) is 0 Å². The van der Waals surface area contributed by atoms with E-state index in [9.17, 15) is 18.0 Å². The van der Waals surface area contributed by atoms with Gasteiger partial charge in [-0.05, 0) is 31.7 Å². The molecule has 8 heteroatoms. The van der Waals surface area contributed by atoms with E-state index in [-0.39, 0.29) is 23.9 Å². The van der Waals surface area contributed by atoms with Crippen molar-refractivity contribution in [1.29, 1.82) is 0 Å². The van der Waals surface area contributed by atoms with Gasteiger partial charge in [-0.2, -0.15) is 13.2 Å². The van der Waals surface area contributed by atoms with Crippen molar-refractivity contribution in [1.82, 2.24) is 14.9 Å². The summed E-state index contributed by atoms with van der Waals surface area (Å²) < 4.78 is 38.7. The van der Waals surface area contributed by atoms with Gasteiger partial charge in [0.1, 0.15) is 5.69 Å². The topological polar surface area (TPSA) is 49.3 Å². The molecule has 0 aliphatic carbocycles. The highest BCUT2D eigenvalue weighted by Gasteiger charge is 2.41. The third-order valence-electron chi connectivity index (χ3n) is 4.86. The van der Waals surface area contributed by atoms with E-state index in [1.54, 1.807) is 0 Å². The van der Waals surface area contributed by atoms with E-state index in [1.807, 2.05) is 16.7 Å². The van der Waals surface area contributed by atoms with Crippen molar-refractivity contribution < 1.29 is 18.0 Å². The molecule has 2 atom stereocenters. The minimum Gasteiger partial charge on any atom is -0.338 e. The van der Waals surface area contributed by atoms with E-state index in [1.165, 1.54) is 0 Å². The first kappa shape index (κ1) is 17.0. The SMILES string of the molecule is CCC(=O)N1CCCC1C1CCCN1c1nccc(C(F)(F)F)n1. The minimum atomic E-state index is -4.48. The third kappa shape index (κ3) is 3.18. The molecule has 5 nitrogen and oxygen atoms in total. The molecule has 0 saturated carbocycles. The van der Waals surface area contributed by atoms with Gasteiger partial charge in [-0.3, -0.25) is 4.79 Å². The molecule has 3 heterocycles. The van der Waals surface area contributed by atoms with Gasteiger partial charge in [0.25, 0.3) is 0 Å². The molecule has 24 heavy (non-hydrogen) atoms. The number of anilines is 1. The van der Waals surface area contributed by atoms with Crippen molar-refractivity contribution in [2.45, 2.75) is 57.3 Å². The molecule has 0 radical (unpaired) electrons. The fraction of sp³-hybridized carbons (Fsp3) is 0.688. The highest BCUT2D eigenvalue weighted by molar-refractivity contribution is 5.76. The molecule has 0 aromatic carbocycles. The maximum absolute atomic E-state index is 12.9. The van der Waals surface area contributed by atoms with Crippen molar-refractivity contribution in [2.24, 2.45) is 0 Å². The van der Waals surface area contributed by atoms with Crippen molar-refractivity contribution >= 4 is 11.9 Å². The Balaban J connectivity index is 1.85. The zero-order valence-corrected chi connectivity index (χ0v) is 13.6. The summed E-state index contributed by atoms with van der Waals surface area (Å²) in [5, 5.41) is 0. The van der Waals surface area contributed by atoms with Gasteiger partial charge in [0.15, 0.2) is 0 Å². The predicted molar refractivity (Wildman–Crippen MR) is 82.4 cm³/mol. The molecule has 2 saturated heterocycles. The largest absolute Gasteiger partial charge is 0.433 e. The summed E-state index contributed by atoms with van der Waals surface area (Å²) in [5.74, 6) is 0.220. The second-order valence-corrected chi connectivity index (χ2v) is 6.29. The Kier molecular flexibility index (Phi) is 4.64. The Labute approximate surface area is 138 Å². The molecule has 0 bridgehead atoms.